The lowest BCUT2D eigenvalue weighted by molar-refractivity contribution is 0.0940. The van der Waals surface area contributed by atoms with Gasteiger partial charge in [-0.2, -0.15) is 0 Å². The van der Waals surface area contributed by atoms with Gasteiger partial charge in [0.2, 0.25) is 0 Å². The maximum Gasteiger partial charge on any atom is 0.257 e. The molecule has 1 heterocycles. The molecule has 1 N–H and O–H groups in total. The summed E-state index contributed by atoms with van der Waals surface area (Å²) >= 11 is 9.41. The van der Waals surface area contributed by atoms with Gasteiger partial charge in [0.1, 0.15) is 17.5 Å². The van der Waals surface area contributed by atoms with Crippen molar-refractivity contribution >= 4 is 44.3 Å². The van der Waals surface area contributed by atoms with Gasteiger partial charge in [-0.25, -0.2) is 4.39 Å². The van der Waals surface area contributed by atoms with E-state index in [0.717, 1.165) is 10.0 Å². The average Bonchev–Trinajstić information content (AvgIpc) is 2.77. The number of aryl methyl sites for hydroxylation is 1. The quantitative estimate of drug-likeness (QED) is 0.315. The van der Waals surface area contributed by atoms with E-state index in [1.165, 1.54) is 0 Å². The Kier molecular flexibility index (Phi) is 6.67. The van der Waals surface area contributed by atoms with Crippen LogP contribution in [0.2, 0.25) is 5.02 Å². The van der Waals surface area contributed by atoms with Crippen LogP contribution in [0.3, 0.4) is 0 Å². The van der Waals surface area contributed by atoms with Gasteiger partial charge in [0, 0.05) is 14.9 Å². The third-order valence-electron chi connectivity index (χ3n) is 4.88. The van der Waals surface area contributed by atoms with Crippen LogP contribution in [0.5, 0.6) is 11.6 Å². The lowest BCUT2D eigenvalue weighted by Gasteiger charge is -2.15. The van der Waals surface area contributed by atoms with E-state index in [1.54, 1.807) is 60.7 Å². The summed E-state index contributed by atoms with van der Waals surface area (Å²) in [5.74, 6) is -0.0887. The Bertz CT molecular complexity index is 1300. The molecule has 32 heavy (non-hydrogen) atoms. The second-order valence-electron chi connectivity index (χ2n) is 7.14. The molecule has 4 rings (SSSR count). The number of nitrogens with zero attached hydrogens (tertiary/aromatic N) is 2. The Morgan fingerprint density at radius 1 is 1.12 bits per heavy atom. The van der Waals surface area contributed by atoms with E-state index < -0.39 is 12.1 Å². The minimum Gasteiger partial charge on any atom is -0.437 e. The van der Waals surface area contributed by atoms with Gasteiger partial charge < -0.3 is 10.1 Å². The Morgan fingerprint density at radius 3 is 2.72 bits per heavy atom. The molecule has 0 aliphatic heterocycles. The number of alkyl halides is 1. The van der Waals surface area contributed by atoms with Gasteiger partial charge in [0.25, 0.3) is 11.8 Å². The average molecular weight is 515 g/mol. The second kappa shape index (κ2) is 9.63. The summed E-state index contributed by atoms with van der Waals surface area (Å²) in [5.41, 5.74) is 2.01. The summed E-state index contributed by atoms with van der Waals surface area (Å²) in [6, 6.07) is 19.1. The lowest BCUT2D eigenvalue weighted by Crippen LogP contribution is -2.28. The molecule has 1 aromatic heterocycles. The summed E-state index contributed by atoms with van der Waals surface area (Å²) in [6.45, 7) is 1.63. The van der Waals surface area contributed by atoms with E-state index in [4.69, 9.17) is 16.3 Å². The van der Waals surface area contributed by atoms with Crippen molar-refractivity contribution in [1.82, 2.24) is 15.5 Å². The number of carbonyl (C=O) groups is 1. The number of hydrogen-bond acceptors (Lipinski definition) is 4. The van der Waals surface area contributed by atoms with E-state index in [1.807, 2.05) is 13.0 Å². The van der Waals surface area contributed by atoms with Crippen LogP contribution in [-0.2, 0) is 0 Å². The Balaban J connectivity index is 1.63. The highest BCUT2D eigenvalue weighted by Crippen LogP contribution is 2.30. The van der Waals surface area contributed by atoms with E-state index in [0.29, 0.717) is 27.2 Å². The first-order chi connectivity index (χ1) is 15.4. The SMILES string of the molecule is Cc1cc(Br)ccc1[C@@H](F)CNC(=O)c1c(Oc2cccc(Cl)c2)nnc2ccccc12. The van der Waals surface area contributed by atoms with Gasteiger partial charge in [-0.05, 0) is 54.4 Å². The first-order valence-corrected chi connectivity index (χ1v) is 11.0. The van der Waals surface area contributed by atoms with Crippen LogP contribution in [-0.4, -0.2) is 22.6 Å². The highest BCUT2D eigenvalue weighted by atomic mass is 79.9. The maximum absolute atomic E-state index is 14.9. The predicted octanol–water partition coefficient (Wildman–Crippen LogP) is 6.59. The van der Waals surface area contributed by atoms with Crippen molar-refractivity contribution in [2.75, 3.05) is 6.54 Å². The highest BCUT2D eigenvalue weighted by Gasteiger charge is 2.22. The zero-order valence-corrected chi connectivity index (χ0v) is 19.3. The summed E-state index contributed by atoms with van der Waals surface area (Å²) in [5, 5.41) is 11.9. The number of hydrogen-bond donors (Lipinski definition) is 1. The third kappa shape index (κ3) is 4.89. The molecule has 0 bridgehead atoms. The van der Waals surface area contributed by atoms with Crippen molar-refractivity contribution in [1.29, 1.82) is 0 Å². The van der Waals surface area contributed by atoms with Crippen molar-refractivity contribution in [3.05, 3.63) is 92.9 Å². The minimum absolute atomic E-state index is 0.0127. The van der Waals surface area contributed by atoms with Gasteiger partial charge in [-0.3, -0.25) is 4.79 Å². The van der Waals surface area contributed by atoms with Crippen LogP contribution < -0.4 is 10.1 Å². The molecule has 0 aliphatic carbocycles. The third-order valence-corrected chi connectivity index (χ3v) is 5.61. The summed E-state index contributed by atoms with van der Waals surface area (Å²) in [7, 11) is 0. The molecule has 5 nitrogen and oxygen atoms in total. The van der Waals surface area contributed by atoms with Gasteiger partial charge in [0.05, 0.1) is 12.1 Å². The molecule has 0 fully saturated rings. The molecule has 0 aliphatic rings. The molecule has 8 heteroatoms. The van der Waals surface area contributed by atoms with Crippen LogP contribution in [0.1, 0.15) is 27.7 Å². The Labute approximate surface area is 197 Å². The van der Waals surface area contributed by atoms with Gasteiger partial charge in [-0.1, -0.05) is 57.9 Å². The molecular weight excluding hydrogens is 497 g/mol. The second-order valence-corrected chi connectivity index (χ2v) is 8.49. The van der Waals surface area contributed by atoms with Gasteiger partial charge in [0.15, 0.2) is 0 Å². The fourth-order valence-electron chi connectivity index (χ4n) is 3.34. The Hall–Kier alpha value is -3.03. The number of fused-ring (bicyclic) bond motifs is 1. The van der Waals surface area contributed by atoms with Crippen molar-refractivity contribution in [3.8, 4) is 11.6 Å². The van der Waals surface area contributed by atoms with Crippen LogP contribution >= 0.6 is 27.5 Å². The number of ether oxygens (including phenoxy) is 1. The molecule has 162 valence electrons. The summed E-state index contributed by atoms with van der Waals surface area (Å²) in [4.78, 5) is 13.2. The van der Waals surface area contributed by atoms with Gasteiger partial charge >= 0.3 is 0 Å². The molecule has 0 unspecified atom stereocenters. The molecule has 1 atom stereocenters. The number of carbonyl (C=O) groups excluding carboxylic acids is 1. The van der Waals surface area contributed by atoms with Crippen molar-refractivity contribution in [3.63, 3.8) is 0 Å². The Morgan fingerprint density at radius 2 is 1.94 bits per heavy atom. The van der Waals surface area contributed by atoms with Crippen LogP contribution in [0.4, 0.5) is 4.39 Å². The monoisotopic (exact) mass is 513 g/mol. The molecule has 3 aromatic carbocycles. The molecule has 0 saturated heterocycles. The largest absolute Gasteiger partial charge is 0.437 e. The number of nitrogens with one attached hydrogen (secondary N) is 1. The number of amides is 1. The standard InChI is InChI=1S/C24H18BrClFN3O2/c1-14-11-15(25)9-10-18(14)20(27)13-28-23(31)22-19-7-2-3-8-21(19)29-30-24(22)32-17-6-4-5-16(26)12-17/h2-12,20H,13H2,1H3,(H,28,31)/t20-/m0/s1. The molecule has 4 aromatic rings. The number of benzene rings is 3. The molecular formula is C24H18BrClFN3O2. The molecule has 0 radical (unpaired) electrons. The van der Waals surface area contributed by atoms with E-state index in [9.17, 15) is 9.18 Å². The topological polar surface area (TPSA) is 64.1 Å². The van der Waals surface area contributed by atoms with Crippen LogP contribution in [0, 0.1) is 6.92 Å². The zero-order valence-electron chi connectivity index (χ0n) is 17.0. The van der Waals surface area contributed by atoms with Crippen molar-refractivity contribution < 1.29 is 13.9 Å². The highest BCUT2D eigenvalue weighted by molar-refractivity contribution is 9.10. The number of aromatic nitrogens is 2. The van der Waals surface area contributed by atoms with Crippen molar-refractivity contribution in [2.24, 2.45) is 0 Å². The fourth-order valence-corrected chi connectivity index (χ4v) is 4.00. The minimum atomic E-state index is -1.37. The number of halogens is 3. The summed E-state index contributed by atoms with van der Waals surface area (Å²) in [6.07, 6.45) is -1.37. The normalized spacial score (nSPS) is 11.9. The molecule has 0 spiro atoms. The number of rotatable bonds is 6. The molecule has 1 amide bonds. The van der Waals surface area contributed by atoms with E-state index in [2.05, 4.69) is 31.4 Å². The fraction of sp³-hybridized carbons (Fsp3) is 0.125. The maximum atomic E-state index is 14.9. The first-order valence-electron chi connectivity index (χ1n) is 9.79. The smallest absolute Gasteiger partial charge is 0.257 e. The van der Waals surface area contributed by atoms with Gasteiger partial charge in [-0.15, -0.1) is 10.2 Å². The van der Waals surface area contributed by atoms with E-state index in [-0.39, 0.29) is 18.0 Å². The summed E-state index contributed by atoms with van der Waals surface area (Å²) < 4.78 is 21.6. The lowest BCUT2D eigenvalue weighted by atomic mass is 10.0. The zero-order chi connectivity index (χ0) is 22.7. The van der Waals surface area contributed by atoms with Crippen LogP contribution in [0.25, 0.3) is 10.9 Å². The van der Waals surface area contributed by atoms with Crippen molar-refractivity contribution in [2.45, 2.75) is 13.1 Å². The first kappa shape index (κ1) is 22.2. The van der Waals surface area contributed by atoms with Crippen LogP contribution in [0.15, 0.2) is 71.2 Å². The predicted molar refractivity (Wildman–Crippen MR) is 126 cm³/mol. The molecule has 0 saturated carbocycles. The van der Waals surface area contributed by atoms with E-state index >= 15 is 0 Å².